The van der Waals surface area contributed by atoms with E-state index < -0.39 is 5.82 Å². The number of piperidine rings is 1. The summed E-state index contributed by atoms with van der Waals surface area (Å²) in [5, 5.41) is 4.21. The zero-order valence-electron chi connectivity index (χ0n) is 16.7. The number of imidazole rings is 1. The molecule has 0 amide bonds. The summed E-state index contributed by atoms with van der Waals surface area (Å²) in [5.41, 5.74) is 3.23. The molecule has 1 N–H and O–H groups in total. The summed E-state index contributed by atoms with van der Waals surface area (Å²) in [4.78, 5) is 22.0. The standard InChI is InChI=1S/C23H22FN5O/c1-14-12-28-13-15(10-18(24)21(28)26-14)19-3-2-17-20(27-19)5-9-29(22(17)30)16-4-8-25-23(11-16)6-7-23/h2-3,5,9-10,12-13,16,25H,4,6-8,11H2,1H3/t16-/m0/s1. The smallest absolute Gasteiger partial charge is 0.260 e. The first kappa shape index (κ1) is 17.8. The van der Waals surface area contributed by atoms with Crippen molar-refractivity contribution in [2.24, 2.45) is 0 Å². The van der Waals surface area contributed by atoms with E-state index in [0.29, 0.717) is 27.8 Å². The highest BCUT2D eigenvalue weighted by Gasteiger charge is 2.46. The lowest BCUT2D eigenvalue weighted by atomic mass is 9.97. The Balaban J connectivity index is 1.41. The van der Waals surface area contributed by atoms with Gasteiger partial charge in [0.15, 0.2) is 11.5 Å². The summed E-state index contributed by atoms with van der Waals surface area (Å²) in [6, 6.07) is 7.18. The molecule has 1 spiro atoms. The molecule has 6 nitrogen and oxygen atoms in total. The van der Waals surface area contributed by atoms with Crippen molar-refractivity contribution in [3.05, 3.63) is 64.7 Å². The zero-order valence-corrected chi connectivity index (χ0v) is 16.7. The highest BCUT2D eigenvalue weighted by Crippen LogP contribution is 2.45. The number of aryl methyl sites for hydroxylation is 1. The van der Waals surface area contributed by atoms with Crippen LogP contribution in [0, 0.1) is 12.7 Å². The second kappa shape index (κ2) is 6.22. The molecule has 0 bridgehead atoms. The fourth-order valence-corrected chi connectivity index (χ4v) is 4.81. The first-order valence-electron chi connectivity index (χ1n) is 10.4. The Kier molecular flexibility index (Phi) is 3.68. The van der Waals surface area contributed by atoms with Gasteiger partial charge in [0.1, 0.15) is 0 Å². The molecule has 1 aliphatic heterocycles. The molecule has 0 unspecified atom stereocenters. The summed E-state index contributed by atoms with van der Waals surface area (Å²) in [6.07, 6.45) is 9.85. The molecule has 6 rings (SSSR count). The summed E-state index contributed by atoms with van der Waals surface area (Å²) in [6.45, 7) is 2.78. The zero-order chi connectivity index (χ0) is 20.5. The van der Waals surface area contributed by atoms with Crippen LogP contribution in [0.3, 0.4) is 0 Å². The Morgan fingerprint density at radius 3 is 2.90 bits per heavy atom. The van der Waals surface area contributed by atoms with Crippen LogP contribution in [0.1, 0.15) is 37.4 Å². The molecule has 5 heterocycles. The van der Waals surface area contributed by atoms with Crippen molar-refractivity contribution < 1.29 is 4.39 Å². The monoisotopic (exact) mass is 403 g/mol. The highest BCUT2D eigenvalue weighted by atomic mass is 19.1. The summed E-state index contributed by atoms with van der Waals surface area (Å²) < 4.78 is 18.0. The topological polar surface area (TPSA) is 64.2 Å². The molecular weight excluding hydrogens is 381 g/mol. The number of fused-ring (bicyclic) bond motifs is 2. The minimum absolute atomic E-state index is 0.00103. The van der Waals surface area contributed by atoms with Gasteiger partial charge in [-0.1, -0.05) is 0 Å². The molecule has 4 aromatic heterocycles. The summed E-state index contributed by atoms with van der Waals surface area (Å²) in [5.74, 6) is -0.391. The number of aromatic nitrogens is 4. The predicted octanol–water partition coefficient (Wildman–Crippen LogP) is 3.62. The van der Waals surface area contributed by atoms with Crippen LogP contribution >= 0.6 is 0 Å². The molecule has 152 valence electrons. The van der Waals surface area contributed by atoms with Gasteiger partial charge in [-0.25, -0.2) is 14.4 Å². The maximum Gasteiger partial charge on any atom is 0.260 e. The molecule has 1 saturated heterocycles. The van der Waals surface area contributed by atoms with Crippen molar-refractivity contribution in [1.82, 2.24) is 24.3 Å². The van der Waals surface area contributed by atoms with Gasteiger partial charge in [0, 0.05) is 35.7 Å². The fraction of sp³-hybridized carbons (Fsp3) is 0.348. The van der Waals surface area contributed by atoms with E-state index in [9.17, 15) is 9.18 Å². The van der Waals surface area contributed by atoms with Crippen LogP contribution in [0.5, 0.6) is 0 Å². The quantitative estimate of drug-likeness (QED) is 0.555. The Morgan fingerprint density at radius 1 is 1.20 bits per heavy atom. The SMILES string of the molecule is Cc1cn2cc(-c3ccc4c(=O)n([C@H]5CCNC6(CC6)C5)ccc4n3)cc(F)c2n1. The average molecular weight is 403 g/mol. The van der Waals surface area contributed by atoms with Crippen molar-refractivity contribution in [3.8, 4) is 11.3 Å². The van der Waals surface area contributed by atoms with E-state index in [1.165, 1.54) is 18.9 Å². The number of halogens is 1. The molecule has 0 aromatic carbocycles. The maximum atomic E-state index is 14.5. The average Bonchev–Trinajstić information content (AvgIpc) is 3.35. The van der Waals surface area contributed by atoms with E-state index in [1.807, 2.05) is 36.0 Å². The number of hydrogen-bond acceptors (Lipinski definition) is 4. The van der Waals surface area contributed by atoms with Crippen LogP contribution in [-0.2, 0) is 0 Å². The predicted molar refractivity (Wildman–Crippen MR) is 113 cm³/mol. The Labute approximate surface area is 172 Å². The largest absolute Gasteiger partial charge is 0.312 e. The van der Waals surface area contributed by atoms with Crippen molar-refractivity contribution in [1.29, 1.82) is 0 Å². The van der Waals surface area contributed by atoms with Gasteiger partial charge >= 0.3 is 0 Å². The molecule has 4 aromatic rings. The van der Waals surface area contributed by atoms with Gasteiger partial charge in [0.05, 0.1) is 22.3 Å². The highest BCUT2D eigenvalue weighted by molar-refractivity contribution is 5.80. The summed E-state index contributed by atoms with van der Waals surface area (Å²) in [7, 11) is 0. The van der Waals surface area contributed by atoms with Gasteiger partial charge in [-0.2, -0.15) is 0 Å². The lowest BCUT2D eigenvalue weighted by Crippen LogP contribution is -2.42. The van der Waals surface area contributed by atoms with E-state index in [2.05, 4.69) is 15.3 Å². The van der Waals surface area contributed by atoms with E-state index in [4.69, 9.17) is 0 Å². The first-order chi connectivity index (χ1) is 14.5. The van der Waals surface area contributed by atoms with Crippen LogP contribution in [0.25, 0.3) is 27.8 Å². The number of nitrogens with zero attached hydrogens (tertiary/aromatic N) is 4. The molecule has 1 aliphatic carbocycles. The normalized spacial score (nSPS) is 20.3. The Hall–Kier alpha value is -3.06. The third kappa shape index (κ3) is 2.76. The van der Waals surface area contributed by atoms with Gasteiger partial charge in [-0.05, 0) is 63.4 Å². The second-order valence-electron chi connectivity index (χ2n) is 8.70. The van der Waals surface area contributed by atoms with Crippen molar-refractivity contribution in [2.75, 3.05) is 6.54 Å². The molecule has 7 heteroatoms. The van der Waals surface area contributed by atoms with E-state index in [-0.39, 0.29) is 17.1 Å². The number of nitrogens with one attached hydrogen (secondary N) is 1. The molecule has 30 heavy (non-hydrogen) atoms. The Bertz CT molecular complexity index is 1370. The van der Waals surface area contributed by atoms with Crippen LogP contribution < -0.4 is 10.9 Å². The van der Waals surface area contributed by atoms with E-state index >= 15 is 0 Å². The number of hydrogen-bond donors (Lipinski definition) is 1. The lowest BCUT2D eigenvalue weighted by molar-refractivity contribution is 0.282. The van der Waals surface area contributed by atoms with E-state index in [0.717, 1.165) is 25.1 Å². The lowest BCUT2D eigenvalue weighted by Gasteiger charge is -2.31. The first-order valence-corrected chi connectivity index (χ1v) is 10.4. The van der Waals surface area contributed by atoms with Crippen LogP contribution in [0.15, 0.2) is 47.7 Å². The van der Waals surface area contributed by atoms with Crippen LogP contribution in [-0.4, -0.2) is 31.0 Å². The maximum absolute atomic E-state index is 14.5. The molecule has 2 fully saturated rings. The second-order valence-corrected chi connectivity index (χ2v) is 8.70. The number of pyridine rings is 3. The van der Waals surface area contributed by atoms with Crippen LogP contribution in [0.4, 0.5) is 4.39 Å². The van der Waals surface area contributed by atoms with Gasteiger partial charge in [0.25, 0.3) is 5.56 Å². The number of rotatable bonds is 2. The molecule has 0 radical (unpaired) electrons. The van der Waals surface area contributed by atoms with Gasteiger partial charge in [0.2, 0.25) is 0 Å². The van der Waals surface area contributed by atoms with Crippen molar-refractivity contribution >= 4 is 16.6 Å². The fourth-order valence-electron chi connectivity index (χ4n) is 4.81. The molecule has 1 atom stereocenters. The minimum Gasteiger partial charge on any atom is -0.312 e. The van der Waals surface area contributed by atoms with Gasteiger partial charge < -0.3 is 14.3 Å². The van der Waals surface area contributed by atoms with Gasteiger partial charge in [-0.15, -0.1) is 0 Å². The molecule has 2 aliphatic rings. The Morgan fingerprint density at radius 2 is 2.07 bits per heavy atom. The third-order valence-corrected chi connectivity index (χ3v) is 6.56. The molecule has 1 saturated carbocycles. The third-order valence-electron chi connectivity index (χ3n) is 6.56. The van der Waals surface area contributed by atoms with Crippen molar-refractivity contribution in [3.63, 3.8) is 0 Å². The molecular formula is C23H22FN5O. The summed E-state index contributed by atoms with van der Waals surface area (Å²) >= 11 is 0. The van der Waals surface area contributed by atoms with Crippen LogP contribution in [0.2, 0.25) is 0 Å². The minimum atomic E-state index is -0.391. The van der Waals surface area contributed by atoms with E-state index in [1.54, 1.807) is 16.7 Å². The van der Waals surface area contributed by atoms with Gasteiger partial charge in [-0.3, -0.25) is 4.79 Å². The van der Waals surface area contributed by atoms with Crippen molar-refractivity contribution in [2.45, 2.75) is 44.2 Å².